The van der Waals surface area contributed by atoms with Gasteiger partial charge < -0.3 is 20.6 Å². The number of aryl methyl sites for hydroxylation is 1. The maximum atomic E-state index is 16.7. The summed E-state index contributed by atoms with van der Waals surface area (Å²) in [7, 11) is 0. The van der Waals surface area contributed by atoms with E-state index in [1.54, 1.807) is 6.20 Å². The number of rotatable bonds is 3. The molecule has 0 aliphatic carbocycles. The third-order valence-corrected chi connectivity index (χ3v) is 8.38. The highest BCUT2D eigenvalue weighted by Crippen LogP contribution is 2.41. The number of nitrogens with zero attached hydrogens (tertiary/aromatic N) is 3. The van der Waals surface area contributed by atoms with E-state index in [1.165, 1.54) is 24.3 Å². The summed E-state index contributed by atoms with van der Waals surface area (Å²) >= 11 is 0. The molecule has 38 heavy (non-hydrogen) atoms. The second-order valence-electron chi connectivity index (χ2n) is 10.7. The van der Waals surface area contributed by atoms with Gasteiger partial charge in [0.2, 0.25) is 0 Å². The number of hydrogen-bond acceptors (Lipinski definition) is 6. The molecule has 2 unspecified atom stereocenters. The second kappa shape index (κ2) is 8.62. The normalized spacial score (nSPS) is 21.2. The molecule has 3 aliphatic heterocycles. The van der Waals surface area contributed by atoms with Crippen molar-refractivity contribution >= 4 is 27.4 Å². The van der Waals surface area contributed by atoms with E-state index in [1.807, 2.05) is 6.92 Å². The molecule has 0 radical (unpaired) electrons. The van der Waals surface area contributed by atoms with Crippen molar-refractivity contribution in [3.05, 3.63) is 58.9 Å². The van der Waals surface area contributed by atoms with E-state index in [9.17, 15) is 9.50 Å². The van der Waals surface area contributed by atoms with Gasteiger partial charge in [-0.1, -0.05) is 12.0 Å². The average Bonchev–Trinajstić information content (AvgIpc) is 3.21. The van der Waals surface area contributed by atoms with Crippen molar-refractivity contribution in [2.45, 2.75) is 37.8 Å². The van der Waals surface area contributed by atoms with Gasteiger partial charge in [0.05, 0.1) is 11.3 Å². The minimum Gasteiger partial charge on any atom is -0.508 e. The van der Waals surface area contributed by atoms with Crippen LogP contribution in [0.1, 0.15) is 35.6 Å². The number of phenols is 1. The van der Waals surface area contributed by atoms with Crippen molar-refractivity contribution in [3.8, 4) is 29.4 Å². The first kappa shape index (κ1) is 23.3. The molecule has 2 atom stereocenters. The molecule has 0 saturated carbocycles. The number of pyridine rings is 2. The Hall–Kier alpha value is -3.80. The topological polar surface area (TPSA) is 73.3 Å². The smallest absolute Gasteiger partial charge is 0.157 e. The van der Waals surface area contributed by atoms with Crippen LogP contribution in [0, 0.1) is 30.9 Å². The summed E-state index contributed by atoms with van der Waals surface area (Å²) in [5, 5.41) is 19.4. The number of aromatic hydroxyl groups is 1. The Kier molecular flexibility index (Phi) is 5.29. The molecular formula is C30H27F2N5O. The molecule has 3 fully saturated rings. The summed E-state index contributed by atoms with van der Waals surface area (Å²) in [6.07, 6.45) is 9.58. The molecule has 3 saturated heterocycles. The summed E-state index contributed by atoms with van der Waals surface area (Å²) in [6.45, 7) is 5.14. The highest BCUT2D eigenvalue weighted by molar-refractivity contribution is 6.04. The SMILES string of the molecule is C#Cc1c(F)ccc2cc(O)cc(-c3ncc4c(N5CC6CCC(C5)N6)nc(C5CNC5)c(C)c4c3F)c12. The summed E-state index contributed by atoms with van der Waals surface area (Å²) in [6, 6.07) is 6.48. The van der Waals surface area contributed by atoms with Crippen LogP contribution in [-0.4, -0.2) is 53.3 Å². The molecule has 6 nitrogen and oxygen atoms in total. The predicted octanol–water partition coefficient (Wildman–Crippen LogP) is 4.35. The van der Waals surface area contributed by atoms with Gasteiger partial charge >= 0.3 is 0 Å². The zero-order valence-electron chi connectivity index (χ0n) is 21.0. The number of aromatic nitrogens is 2. The molecule has 2 bridgehead atoms. The third kappa shape index (κ3) is 3.46. The van der Waals surface area contributed by atoms with Gasteiger partial charge in [0.15, 0.2) is 5.82 Å². The molecule has 7 rings (SSSR count). The maximum absolute atomic E-state index is 16.7. The lowest BCUT2D eigenvalue weighted by atomic mass is 9.91. The molecule has 5 heterocycles. The first-order chi connectivity index (χ1) is 18.4. The Bertz CT molecular complexity index is 1660. The van der Waals surface area contributed by atoms with Crippen LogP contribution in [0.5, 0.6) is 5.75 Å². The predicted molar refractivity (Wildman–Crippen MR) is 145 cm³/mol. The number of hydrogen-bond donors (Lipinski definition) is 3. The molecule has 8 heteroatoms. The Morgan fingerprint density at radius 1 is 1.11 bits per heavy atom. The lowest BCUT2D eigenvalue weighted by Crippen LogP contribution is -2.51. The molecule has 3 aliphatic rings. The van der Waals surface area contributed by atoms with Gasteiger partial charge in [0.25, 0.3) is 0 Å². The minimum atomic E-state index is -0.580. The summed E-state index contributed by atoms with van der Waals surface area (Å²) in [4.78, 5) is 12.0. The summed E-state index contributed by atoms with van der Waals surface area (Å²) in [5.74, 6) is 2.20. The van der Waals surface area contributed by atoms with E-state index in [0.29, 0.717) is 33.6 Å². The van der Waals surface area contributed by atoms with Crippen LogP contribution < -0.4 is 15.5 Å². The lowest BCUT2D eigenvalue weighted by molar-refractivity contribution is 0.436. The van der Waals surface area contributed by atoms with Gasteiger partial charge in [-0.15, -0.1) is 6.42 Å². The zero-order chi connectivity index (χ0) is 26.1. The average molecular weight is 512 g/mol. The number of nitrogens with one attached hydrogen (secondary N) is 2. The monoisotopic (exact) mass is 511 g/mol. The molecule has 2 aromatic carbocycles. The van der Waals surface area contributed by atoms with Crippen molar-refractivity contribution in [2.75, 3.05) is 31.1 Å². The van der Waals surface area contributed by atoms with Crippen LogP contribution in [0.2, 0.25) is 0 Å². The quantitative estimate of drug-likeness (QED) is 0.355. The van der Waals surface area contributed by atoms with Gasteiger partial charge in [-0.3, -0.25) is 4.98 Å². The zero-order valence-corrected chi connectivity index (χ0v) is 21.0. The fourth-order valence-corrected chi connectivity index (χ4v) is 6.44. The number of piperazine rings is 1. The van der Waals surface area contributed by atoms with E-state index in [2.05, 4.69) is 26.4 Å². The largest absolute Gasteiger partial charge is 0.508 e. The number of benzene rings is 2. The highest BCUT2D eigenvalue weighted by Gasteiger charge is 2.35. The summed E-state index contributed by atoms with van der Waals surface area (Å²) in [5.41, 5.74) is 1.98. The molecule has 0 amide bonds. The standard InChI is InChI=1S/C30H27F2N5O/c1-3-21-24(31)7-4-16-8-20(38)9-22(26(16)21)29-27(32)25-15(2)28(17-10-33-11-17)36-30(23(25)12-34-29)37-13-18-5-6-19(14-37)35-18/h1,4,7-9,12,17-19,33,35,38H,5-6,10-11,13-14H2,2H3. The van der Waals surface area contributed by atoms with Crippen molar-refractivity contribution in [2.24, 2.45) is 0 Å². The number of terminal acetylenes is 1. The first-order valence-electron chi connectivity index (χ1n) is 13.1. The summed E-state index contributed by atoms with van der Waals surface area (Å²) < 4.78 is 31.4. The van der Waals surface area contributed by atoms with Crippen molar-refractivity contribution in [1.82, 2.24) is 20.6 Å². The lowest BCUT2D eigenvalue weighted by Gasteiger charge is -2.36. The molecule has 2 aromatic heterocycles. The highest BCUT2D eigenvalue weighted by atomic mass is 19.1. The van der Waals surface area contributed by atoms with Gasteiger partial charge in [0, 0.05) is 72.1 Å². The number of anilines is 1. The van der Waals surface area contributed by atoms with Gasteiger partial charge in [-0.25, -0.2) is 13.8 Å². The van der Waals surface area contributed by atoms with E-state index in [0.717, 1.165) is 56.1 Å². The minimum absolute atomic E-state index is 0.0171. The van der Waals surface area contributed by atoms with Gasteiger partial charge in [0.1, 0.15) is 23.1 Å². The Morgan fingerprint density at radius 3 is 2.55 bits per heavy atom. The fraction of sp³-hybridized carbons (Fsp3) is 0.333. The molecular weight excluding hydrogens is 484 g/mol. The first-order valence-corrected chi connectivity index (χ1v) is 13.1. The van der Waals surface area contributed by atoms with Gasteiger partial charge in [-0.2, -0.15) is 0 Å². The second-order valence-corrected chi connectivity index (χ2v) is 10.7. The Balaban J connectivity index is 1.50. The number of fused-ring (bicyclic) bond motifs is 4. The van der Waals surface area contributed by atoms with E-state index >= 15 is 4.39 Å². The number of phenolic OH excluding ortho intramolecular Hbond substituents is 1. The van der Waals surface area contributed by atoms with Crippen LogP contribution in [0.25, 0.3) is 32.8 Å². The van der Waals surface area contributed by atoms with Crippen LogP contribution in [0.4, 0.5) is 14.6 Å². The van der Waals surface area contributed by atoms with E-state index in [-0.39, 0.29) is 28.5 Å². The van der Waals surface area contributed by atoms with E-state index in [4.69, 9.17) is 11.4 Å². The van der Waals surface area contributed by atoms with Gasteiger partial charge in [-0.05, 0) is 48.9 Å². The van der Waals surface area contributed by atoms with E-state index < -0.39 is 11.6 Å². The third-order valence-electron chi connectivity index (χ3n) is 8.38. The molecule has 4 aromatic rings. The van der Waals surface area contributed by atoms with Crippen LogP contribution in [0.15, 0.2) is 30.5 Å². The molecule has 3 N–H and O–H groups in total. The van der Waals surface area contributed by atoms with Crippen molar-refractivity contribution in [1.29, 1.82) is 0 Å². The Morgan fingerprint density at radius 2 is 1.87 bits per heavy atom. The van der Waals surface area contributed by atoms with Crippen molar-refractivity contribution < 1.29 is 13.9 Å². The maximum Gasteiger partial charge on any atom is 0.157 e. The van der Waals surface area contributed by atoms with Crippen LogP contribution in [0.3, 0.4) is 0 Å². The molecule has 0 spiro atoms. The molecule has 192 valence electrons. The fourth-order valence-electron chi connectivity index (χ4n) is 6.44. The number of halogens is 2. The van der Waals surface area contributed by atoms with Crippen LogP contribution >= 0.6 is 0 Å². The van der Waals surface area contributed by atoms with Crippen LogP contribution in [-0.2, 0) is 0 Å². The van der Waals surface area contributed by atoms with Crippen molar-refractivity contribution in [3.63, 3.8) is 0 Å². The Labute approximate surface area is 219 Å².